The fraction of sp³-hybridized carbons (Fsp3) is 0.364. The molecule has 0 aromatic heterocycles. The number of amides is 1. The molecule has 0 radical (unpaired) electrons. The third-order valence-electron chi connectivity index (χ3n) is 5.49. The van der Waals surface area contributed by atoms with Gasteiger partial charge in [-0.25, -0.2) is 8.42 Å². The van der Waals surface area contributed by atoms with Crippen LogP contribution in [-0.2, 0) is 10.0 Å². The van der Waals surface area contributed by atoms with E-state index in [2.05, 4.69) is 15.4 Å². The molecule has 34 heavy (non-hydrogen) atoms. The Bertz CT molecular complexity index is 1210. The van der Waals surface area contributed by atoms with Gasteiger partial charge < -0.3 is 24.8 Å². The number of methoxy groups -OCH3 is 2. The summed E-state index contributed by atoms with van der Waals surface area (Å²) in [6.45, 7) is 2.25. The molecule has 0 bridgehead atoms. The Morgan fingerprint density at radius 3 is 2.56 bits per heavy atom. The van der Waals surface area contributed by atoms with E-state index in [0.717, 1.165) is 0 Å². The van der Waals surface area contributed by atoms with E-state index in [1.165, 1.54) is 39.5 Å². The van der Waals surface area contributed by atoms with E-state index in [1.807, 2.05) is 6.92 Å². The fourth-order valence-electron chi connectivity index (χ4n) is 3.78. The first-order valence-electron chi connectivity index (χ1n) is 10.3. The summed E-state index contributed by atoms with van der Waals surface area (Å²) < 4.78 is 44.6. The Morgan fingerprint density at radius 2 is 1.91 bits per heavy atom. The number of sulfonamides is 1. The van der Waals surface area contributed by atoms with Crippen LogP contribution in [0.4, 0.5) is 0 Å². The van der Waals surface area contributed by atoms with Gasteiger partial charge in [0.05, 0.1) is 26.4 Å². The van der Waals surface area contributed by atoms with Crippen LogP contribution in [0.3, 0.4) is 0 Å². The first-order valence-corrected chi connectivity index (χ1v) is 12.6. The molecule has 3 rings (SSSR count). The second-order valence-corrected chi connectivity index (χ2v) is 10.1. The molecule has 0 saturated heterocycles. The van der Waals surface area contributed by atoms with Crippen LogP contribution < -0.4 is 29.6 Å². The third-order valence-corrected chi connectivity index (χ3v) is 7.54. The van der Waals surface area contributed by atoms with Crippen LogP contribution in [0.15, 0.2) is 35.2 Å². The molecule has 3 N–H and O–H groups in total. The van der Waals surface area contributed by atoms with Crippen molar-refractivity contribution < 1.29 is 27.4 Å². The van der Waals surface area contributed by atoms with Gasteiger partial charge in [0.25, 0.3) is 15.9 Å². The van der Waals surface area contributed by atoms with E-state index in [1.54, 1.807) is 12.1 Å². The number of carbonyl (C=O) groups excluding carboxylic acids is 1. The van der Waals surface area contributed by atoms with E-state index in [9.17, 15) is 13.2 Å². The van der Waals surface area contributed by atoms with Crippen molar-refractivity contribution in [1.29, 1.82) is 0 Å². The van der Waals surface area contributed by atoms with E-state index >= 15 is 0 Å². The number of hydrogen-bond acceptors (Lipinski definition) is 7. The second kappa shape index (κ2) is 10.7. The van der Waals surface area contributed by atoms with E-state index in [0.29, 0.717) is 40.7 Å². The van der Waals surface area contributed by atoms with Gasteiger partial charge in [-0.1, -0.05) is 11.6 Å². The number of nitrogens with one attached hydrogen (secondary N) is 3. The van der Waals surface area contributed by atoms with E-state index < -0.39 is 10.0 Å². The number of fused-ring (bicyclic) bond motifs is 1. The van der Waals surface area contributed by atoms with Crippen LogP contribution in [0.1, 0.15) is 35.2 Å². The molecule has 12 heteroatoms. The maximum atomic E-state index is 13.0. The Labute approximate surface area is 209 Å². The van der Waals surface area contributed by atoms with Gasteiger partial charge in [0.15, 0.2) is 5.11 Å². The van der Waals surface area contributed by atoms with Gasteiger partial charge in [-0.15, -0.1) is 0 Å². The molecule has 184 valence electrons. The van der Waals surface area contributed by atoms with Crippen LogP contribution in [0.25, 0.3) is 0 Å². The summed E-state index contributed by atoms with van der Waals surface area (Å²) in [5.41, 5.74) is 0.936. The summed E-state index contributed by atoms with van der Waals surface area (Å²) in [6, 6.07) is 7.46. The quantitative estimate of drug-likeness (QED) is 0.471. The highest BCUT2D eigenvalue weighted by molar-refractivity contribution is 7.92. The van der Waals surface area contributed by atoms with Gasteiger partial charge in [-0.2, -0.15) is 0 Å². The lowest BCUT2D eigenvalue weighted by atomic mass is 9.87. The summed E-state index contributed by atoms with van der Waals surface area (Å²) in [5, 5.41) is 5.91. The highest BCUT2D eigenvalue weighted by atomic mass is 35.5. The van der Waals surface area contributed by atoms with Crippen molar-refractivity contribution in [1.82, 2.24) is 15.4 Å². The van der Waals surface area contributed by atoms with Gasteiger partial charge in [-0.3, -0.25) is 9.52 Å². The minimum absolute atomic E-state index is 0.0522. The van der Waals surface area contributed by atoms with Gasteiger partial charge in [0.2, 0.25) is 0 Å². The molecule has 0 fully saturated rings. The van der Waals surface area contributed by atoms with Crippen molar-refractivity contribution in [2.24, 2.45) is 0 Å². The van der Waals surface area contributed by atoms with Crippen molar-refractivity contribution in [3.63, 3.8) is 0 Å². The molecule has 1 amide bonds. The lowest BCUT2D eigenvalue weighted by Crippen LogP contribution is -2.39. The zero-order chi connectivity index (χ0) is 25.0. The third kappa shape index (κ3) is 5.48. The van der Waals surface area contributed by atoms with Crippen LogP contribution in [0, 0.1) is 0 Å². The topological polar surface area (TPSA) is 115 Å². The molecular formula is C22H26ClN3O6S2. The molecule has 1 heterocycles. The van der Waals surface area contributed by atoms with Gasteiger partial charge >= 0.3 is 0 Å². The Morgan fingerprint density at radius 1 is 1.21 bits per heavy atom. The number of carbonyl (C=O) groups is 1. The van der Waals surface area contributed by atoms with Crippen molar-refractivity contribution in [3.8, 4) is 17.2 Å². The van der Waals surface area contributed by atoms with Crippen LogP contribution >= 0.6 is 23.8 Å². The number of ether oxygens (including phenoxy) is 3. The number of hydrogen-bond donors (Lipinski definition) is 3. The SMILES string of the molecule is CNC(=S)NS(=O)(=O)c1cc2c(cc1OC)OCCC2C(C)NC(=O)c1cc(Cl)ccc1OC. The van der Waals surface area contributed by atoms with Crippen molar-refractivity contribution in [2.45, 2.75) is 30.2 Å². The predicted octanol–water partition coefficient (Wildman–Crippen LogP) is 2.82. The molecule has 1 aliphatic heterocycles. The molecule has 1 aliphatic rings. The predicted molar refractivity (Wildman–Crippen MR) is 133 cm³/mol. The van der Waals surface area contributed by atoms with Crippen molar-refractivity contribution >= 4 is 44.9 Å². The zero-order valence-electron chi connectivity index (χ0n) is 19.1. The second-order valence-electron chi connectivity index (χ2n) is 7.58. The maximum absolute atomic E-state index is 13.0. The number of halogens is 1. The molecule has 2 atom stereocenters. The standard InChI is InChI=1S/C22H26ClN3O6S2/c1-12(25-21(27)16-9-13(23)5-6-17(16)30-3)14-7-8-32-18-11-19(31-4)20(10-15(14)18)34(28,29)26-22(33)24-2/h5-6,9-12,14H,7-8H2,1-4H3,(H,25,27)(H2,24,26,33). The van der Waals surface area contributed by atoms with Crippen molar-refractivity contribution in [3.05, 3.63) is 46.5 Å². The summed E-state index contributed by atoms with van der Waals surface area (Å²) in [4.78, 5) is 12.9. The highest BCUT2D eigenvalue weighted by Gasteiger charge is 2.32. The monoisotopic (exact) mass is 527 g/mol. The smallest absolute Gasteiger partial charge is 0.267 e. The summed E-state index contributed by atoms with van der Waals surface area (Å²) >= 11 is 11.0. The molecule has 2 aromatic carbocycles. The van der Waals surface area contributed by atoms with Crippen molar-refractivity contribution in [2.75, 3.05) is 27.9 Å². The normalized spacial score (nSPS) is 15.9. The fourth-order valence-corrected chi connectivity index (χ4v) is 5.43. The zero-order valence-corrected chi connectivity index (χ0v) is 21.5. The van der Waals surface area contributed by atoms with Crippen LogP contribution in [0.2, 0.25) is 5.02 Å². The minimum atomic E-state index is -4.03. The van der Waals surface area contributed by atoms with Gasteiger partial charge in [-0.05, 0) is 49.8 Å². The first-order chi connectivity index (χ1) is 16.1. The highest BCUT2D eigenvalue weighted by Crippen LogP contribution is 2.41. The number of benzene rings is 2. The largest absolute Gasteiger partial charge is 0.496 e. The molecular weight excluding hydrogens is 502 g/mol. The lowest BCUT2D eigenvalue weighted by Gasteiger charge is -2.32. The molecule has 0 saturated carbocycles. The summed E-state index contributed by atoms with van der Waals surface area (Å²) in [7, 11) is 0.330. The number of rotatable bonds is 7. The van der Waals surface area contributed by atoms with Gasteiger partial charge in [0, 0.05) is 35.7 Å². The van der Waals surface area contributed by atoms with Crippen LogP contribution in [-0.4, -0.2) is 53.4 Å². The van der Waals surface area contributed by atoms with Gasteiger partial charge in [0.1, 0.15) is 22.1 Å². The van der Waals surface area contributed by atoms with E-state index in [-0.39, 0.29) is 33.6 Å². The molecule has 9 nitrogen and oxygen atoms in total. The lowest BCUT2D eigenvalue weighted by molar-refractivity contribution is 0.0926. The first kappa shape index (κ1) is 25.9. The molecule has 2 aromatic rings. The average Bonchev–Trinajstić information content (AvgIpc) is 2.82. The maximum Gasteiger partial charge on any atom is 0.267 e. The summed E-state index contributed by atoms with van der Waals surface area (Å²) in [6.07, 6.45) is 0.565. The summed E-state index contributed by atoms with van der Waals surface area (Å²) in [5.74, 6) is 0.415. The molecule has 0 aliphatic carbocycles. The minimum Gasteiger partial charge on any atom is -0.496 e. The Kier molecular flexibility index (Phi) is 8.11. The van der Waals surface area contributed by atoms with E-state index in [4.69, 9.17) is 38.0 Å². The average molecular weight is 528 g/mol. The number of thiocarbonyl (C=S) groups is 1. The Hall–Kier alpha value is -2.76. The Balaban J connectivity index is 1.95. The molecule has 2 unspecified atom stereocenters. The van der Waals surface area contributed by atoms with Crippen LogP contribution in [0.5, 0.6) is 17.2 Å². The molecule has 0 spiro atoms.